The van der Waals surface area contributed by atoms with Crippen molar-refractivity contribution in [3.63, 3.8) is 0 Å². The Labute approximate surface area is 112 Å². The Kier molecular flexibility index (Phi) is 4.00. The van der Waals surface area contributed by atoms with Crippen molar-refractivity contribution in [1.82, 2.24) is 5.32 Å². The molecule has 18 heavy (non-hydrogen) atoms. The minimum atomic E-state index is -0.268. The third-order valence-electron chi connectivity index (χ3n) is 2.87. The lowest BCUT2D eigenvalue weighted by atomic mass is 10.0. The van der Waals surface area contributed by atoms with Crippen LogP contribution in [-0.4, -0.2) is 7.05 Å². The van der Waals surface area contributed by atoms with Gasteiger partial charge in [0, 0.05) is 12.1 Å². The molecule has 0 amide bonds. The Morgan fingerprint density at radius 3 is 2.72 bits per heavy atom. The summed E-state index contributed by atoms with van der Waals surface area (Å²) in [5, 5.41) is 3.55. The van der Waals surface area contributed by atoms with Gasteiger partial charge < -0.3 is 5.32 Å². The lowest BCUT2D eigenvalue weighted by Gasteiger charge is -2.09. The van der Waals surface area contributed by atoms with Gasteiger partial charge in [-0.3, -0.25) is 0 Å². The van der Waals surface area contributed by atoms with Crippen molar-refractivity contribution >= 4 is 11.6 Å². The Balaban J connectivity index is 2.48. The molecule has 0 spiro atoms. The number of nitrogens with one attached hydrogen (secondary N) is 1. The van der Waals surface area contributed by atoms with Gasteiger partial charge in [-0.1, -0.05) is 29.8 Å². The van der Waals surface area contributed by atoms with Gasteiger partial charge in [-0.2, -0.15) is 0 Å². The predicted octanol–water partition coefficient (Wildman–Crippen LogP) is 4.17. The van der Waals surface area contributed by atoms with E-state index in [-0.39, 0.29) is 5.82 Å². The average molecular weight is 264 g/mol. The maximum atomic E-state index is 13.4. The van der Waals surface area contributed by atoms with Gasteiger partial charge in [-0.15, -0.1) is 0 Å². The molecule has 0 radical (unpaired) electrons. The summed E-state index contributed by atoms with van der Waals surface area (Å²) >= 11 is 6.11. The minimum absolute atomic E-state index is 0.268. The summed E-state index contributed by atoms with van der Waals surface area (Å²) in [4.78, 5) is 0. The molecule has 0 aliphatic heterocycles. The highest BCUT2D eigenvalue weighted by atomic mass is 35.5. The van der Waals surface area contributed by atoms with Crippen molar-refractivity contribution in [3.8, 4) is 11.1 Å². The molecule has 0 saturated carbocycles. The van der Waals surface area contributed by atoms with E-state index in [2.05, 4.69) is 11.4 Å². The second-order valence-electron chi connectivity index (χ2n) is 4.31. The highest BCUT2D eigenvalue weighted by Crippen LogP contribution is 2.30. The summed E-state index contributed by atoms with van der Waals surface area (Å²) < 4.78 is 13.4. The van der Waals surface area contributed by atoms with Crippen molar-refractivity contribution in [1.29, 1.82) is 0 Å². The van der Waals surface area contributed by atoms with Gasteiger partial charge >= 0.3 is 0 Å². The zero-order valence-corrected chi connectivity index (χ0v) is 11.2. The molecule has 94 valence electrons. The molecule has 0 fully saturated rings. The molecular weight excluding hydrogens is 249 g/mol. The Morgan fingerprint density at radius 1 is 1.22 bits per heavy atom. The molecule has 2 rings (SSSR count). The first-order valence-corrected chi connectivity index (χ1v) is 6.19. The maximum absolute atomic E-state index is 13.4. The summed E-state index contributed by atoms with van der Waals surface area (Å²) in [5.74, 6) is -0.268. The Morgan fingerprint density at radius 2 is 2.00 bits per heavy atom. The normalized spacial score (nSPS) is 10.7. The van der Waals surface area contributed by atoms with Crippen LogP contribution in [0.15, 0.2) is 36.4 Å². The molecular formula is C15H15ClFN. The topological polar surface area (TPSA) is 12.0 Å². The Hall–Kier alpha value is -1.38. The first-order valence-electron chi connectivity index (χ1n) is 5.81. The smallest absolute Gasteiger partial charge is 0.127 e. The number of aryl methyl sites for hydroxylation is 1. The fourth-order valence-electron chi connectivity index (χ4n) is 1.93. The Bertz CT molecular complexity index is 566. The number of rotatable bonds is 3. The first-order chi connectivity index (χ1) is 8.61. The minimum Gasteiger partial charge on any atom is -0.316 e. The lowest BCUT2D eigenvalue weighted by Crippen LogP contribution is -2.04. The standard InChI is InChI=1S/C15H15ClFN/c1-10-6-13(14(16)8-15(10)17)12-5-3-4-11(7-12)9-18-2/h3-8,18H,9H2,1-2H3. The number of halogens is 2. The van der Waals surface area contributed by atoms with E-state index in [1.54, 1.807) is 13.0 Å². The lowest BCUT2D eigenvalue weighted by molar-refractivity contribution is 0.619. The molecule has 0 aromatic heterocycles. The molecule has 1 N–H and O–H groups in total. The van der Waals surface area contributed by atoms with Gasteiger partial charge in [0.2, 0.25) is 0 Å². The van der Waals surface area contributed by atoms with E-state index < -0.39 is 0 Å². The summed E-state index contributed by atoms with van der Waals surface area (Å²) in [6, 6.07) is 11.2. The summed E-state index contributed by atoms with van der Waals surface area (Å²) in [7, 11) is 1.90. The molecule has 0 unspecified atom stereocenters. The molecule has 2 aromatic carbocycles. The monoisotopic (exact) mass is 263 g/mol. The average Bonchev–Trinajstić information content (AvgIpc) is 2.34. The number of benzene rings is 2. The largest absolute Gasteiger partial charge is 0.316 e. The molecule has 3 heteroatoms. The maximum Gasteiger partial charge on any atom is 0.127 e. The summed E-state index contributed by atoms with van der Waals surface area (Å²) in [6.45, 7) is 2.54. The van der Waals surface area contributed by atoms with Gasteiger partial charge in [0.05, 0.1) is 5.02 Å². The van der Waals surface area contributed by atoms with Crippen LogP contribution in [0.2, 0.25) is 5.02 Å². The second-order valence-corrected chi connectivity index (χ2v) is 4.72. The van der Waals surface area contributed by atoms with Gasteiger partial charge in [0.25, 0.3) is 0 Å². The fourth-order valence-corrected chi connectivity index (χ4v) is 2.19. The highest BCUT2D eigenvalue weighted by molar-refractivity contribution is 6.33. The van der Waals surface area contributed by atoms with Crippen molar-refractivity contribution in [2.75, 3.05) is 7.05 Å². The van der Waals surface area contributed by atoms with E-state index >= 15 is 0 Å². The van der Waals surface area contributed by atoms with Gasteiger partial charge in [0.15, 0.2) is 0 Å². The third-order valence-corrected chi connectivity index (χ3v) is 3.18. The SMILES string of the molecule is CNCc1cccc(-c2cc(C)c(F)cc2Cl)c1. The number of hydrogen-bond acceptors (Lipinski definition) is 1. The van der Waals surface area contributed by atoms with Crippen LogP contribution in [0.5, 0.6) is 0 Å². The van der Waals surface area contributed by atoms with Crippen molar-refractivity contribution in [2.24, 2.45) is 0 Å². The van der Waals surface area contributed by atoms with E-state index in [4.69, 9.17) is 11.6 Å². The van der Waals surface area contributed by atoms with E-state index in [9.17, 15) is 4.39 Å². The van der Waals surface area contributed by atoms with Crippen molar-refractivity contribution in [3.05, 3.63) is 58.4 Å². The zero-order valence-electron chi connectivity index (χ0n) is 10.4. The van der Waals surface area contributed by atoms with Crippen LogP contribution in [0, 0.1) is 12.7 Å². The fraction of sp³-hybridized carbons (Fsp3) is 0.200. The third kappa shape index (κ3) is 2.71. The van der Waals surface area contributed by atoms with Crippen LogP contribution >= 0.6 is 11.6 Å². The molecule has 1 nitrogen and oxygen atoms in total. The van der Waals surface area contributed by atoms with E-state index in [1.165, 1.54) is 11.6 Å². The van der Waals surface area contributed by atoms with Crippen LogP contribution in [0.3, 0.4) is 0 Å². The predicted molar refractivity (Wildman–Crippen MR) is 74.3 cm³/mol. The molecule has 2 aromatic rings. The number of hydrogen-bond donors (Lipinski definition) is 1. The molecule has 0 aliphatic carbocycles. The van der Waals surface area contributed by atoms with Crippen LogP contribution in [0.4, 0.5) is 4.39 Å². The van der Waals surface area contributed by atoms with Crippen LogP contribution in [-0.2, 0) is 6.54 Å². The molecule has 0 heterocycles. The first kappa shape index (κ1) is 13.1. The summed E-state index contributed by atoms with van der Waals surface area (Å²) in [6.07, 6.45) is 0. The van der Waals surface area contributed by atoms with E-state index in [0.717, 1.165) is 17.7 Å². The molecule has 0 atom stereocenters. The van der Waals surface area contributed by atoms with Crippen molar-refractivity contribution in [2.45, 2.75) is 13.5 Å². The second kappa shape index (κ2) is 5.51. The van der Waals surface area contributed by atoms with Crippen LogP contribution in [0.1, 0.15) is 11.1 Å². The van der Waals surface area contributed by atoms with E-state index in [1.807, 2.05) is 25.2 Å². The van der Waals surface area contributed by atoms with E-state index in [0.29, 0.717) is 10.6 Å². The zero-order chi connectivity index (χ0) is 13.1. The van der Waals surface area contributed by atoms with Crippen LogP contribution in [0.25, 0.3) is 11.1 Å². The highest BCUT2D eigenvalue weighted by Gasteiger charge is 2.08. The molecule has 0 aliphatic rings. The van der Waals surface area contributed by atoms with Gasteiger partial charge in [0.1, 0.15) is 5.82 Å². The van der Waals surface area contributed by atoms with Crippen LogP contribution < -0.4 is 5.32 Å². The quantitative estimate of drug-likeness (QED) is 0.876. The van der Waals surface area contributed by atoms with Gasteiger partial charge in [-0.05, 0) is 48.9 Å². The molecule has 0 saturated heterocycles. The van der Waals surface area contributed by atoms with Crippen molar-refractivity contribution < 1.29 is 4.39 Å². The summed E-state index contributed by atoms with van der Waals surface area (Å²) in [5.41, 5.74) is 3.66. The van der Waals surface area contributed by atoms with Gasteiger partial charge in [-0.25, -0.2) is 4.39 Å². The molecule has 0 bridgehead atoms.